The van der Waals surface area contributed by atoms with Gasteiger partial charge < -0.3 is 0 Å². The molecule has 0 fully saturated rings. The van der Waals surface area contributed by atoms with Gasteiger partial charge in [0.05, 0.1) is 0 Å². The molecule has 0 saturated carbocycles. The van der Waals surface area contributed by atoms with Gasteiger partial charge in [-0.25, -0.2) is 0 Å². The van der Waals surface area contributed by atoms with Gasteiger partial charge in [-0.2, -0.15) is 0 Å². The molecule has 0 heterocycles. The Bertz CT molecular complexity index is 216. The molecule has 0 aliphatic rings. The molecular formula is C19H38OSe. The van der Waals surface area contributed by atoms with Crippen LogP contribution in [-0.2, 0) is 4.74 Å². The average molecular weight is 361 g/mol. The number of rotatable bonds is 17. The predicted molar refractivity (Wildman–Crippen MR) is 97.3 cm³/mol. The first-order valence-corrected chi connectivity index (χ1v) is 10.2. The fourth-order valence-electron chi connectivity index (χ4n) is 2.74. The Kier molecular flexibility index (Phi) is 18.4. The van der Waals surface area contributed by atoms with Crippen molar-refractivity contribution in [1.82, 2.24) is 0 Å². The van der Waals surface area contributed by atoms with Gasteiger partial charge in [0.2, 0.25) is 0 Å². The summed E-state index contributed by atoms with van der Waals surface area (Å²) in [5.41, 5.74) is 0. The molecule has 0 aromatic rings. The Balaban J connectivity index is 2.98. The molecule has 0 unspecified atom stereocenters. The topological polar surface area (TPSA) is 9.23 Å². The van der Waals surface area contributed by atoms with Gasteiger partial charge in [0.1, 0.15) is 0 Å². The fourth-order valence-corrected chi connectivity index (χ4v) is 3.05. The summed E-state index contributed by atoms with van der Waals surface area (Å²) in [6.45, 7) is 2.29. The van der Waals surface area contributed by atoms with Crippen LogP contribution >= 0.6 is 0 Å². The number of hydrogen-bond donors (Lipinski definition) is 0. The van der Waals surface area contributed by atoms with Crippen LogP contribution in [0.5, 0.6) is 0 Å². The molecule has 0 bridgehead atoms. The van der Waals surface area contributed by atoms with Crippen LogP contribution in [-0.4, -0.2) is 27.3 Å². The van der Waals surface area contributed by atoms with E-state index in [-0.39, 0.29) is 0 Å². The SMILES string of the molecule is CCCCCCCCCCCCCCCCCC(=[Se])OC. The van der Waals surface area contributed by atoms with Gasteiger partial charge in [0, 0.05) is 0 Å². The second-order valence-electron chi connectivity index (χ2n) is 6.28. The molecule has 0 atom stereocenters. The molecule has 0 rings (SSSR count). The van der Waals surface area contributed by atoms with Crippen LogP contribution in [0.1, 0.15) is 110 Å². The van der Waals surface area contributed by atoms with E-state index in [0.29, 0.717) is 0 Å². The summed E-state index contributed by atoms with van der Waals surface area (Å²) in [4.78, 5) is 0. The summed E-state index contributed by atoms with van der Waals surface area (Å²) >= 11 is 2.97. The first kappa shape index (κ1) is 21.2. The number of ether oxygens (including phenoxy) is 1. The van der Waals surface area contributed by atoms with Crippen molar-refractivity contribution in [1.29, 1.82) is 0 Å². The molecule has 0 N–H and O–H groups in total. The van der Waals surface area contributed by atoms with Crippen molar-refractivity contribution in [3.05, 3.63) is 0 Å². The van der Waals surface area contributed by atoms with Crippen molar-refractivity contribution in [3.8, 4) is 0 Å². The molecule has 0 aromatic heterocycles. The third-order valence-corrected chi connectivity index (χ3v) is 4.99. The van der Waals surface area contributed by atoms with Crippen molar-refractivity contribution in [2.45, 2.75) is 110 Å². The van der Waals surface area contributed by atoms with Gasteiger partial charge in [-0.05, 0) is 0 Å². The molecular weight excluding hydrogens is 323 g/mol. The van der Waals surface area contributed by atoms with Gasteiger partial charge in [0.15, 0.2) is 0 Å². The van der Waals surface area contributed by atoms with Crippen LogP contribution in [0.4, 0.5) is 0 Å². The van der Waals surface area contributed by atoms with Gasteiger partial charge in [-0.3, -0.25) is 0 Å². The zero-order chi connectivity index (χ0) is 15.6. The summed E-state index contributed by atoms with van der Waals surface area (Å²) in [7, 11) is 1.75. The number of unbranched alkanes of at least 4 members (excludes halogenated alkanes) is 14. The molecule has 0 aliphatic heterocycles. The maximum atomic E-state index is 5.13. The average Bonchev–Trinajstić information content (AvgIpc) is 2.50. The van der Waals surface area contributed by atoms with Crippen molar-refractivity contribution >= 4 is 20.2 Å². The van der Waals surface area contributed by atoms with E-state index in [2.05, 4.69) is 22.5 Å². The second kappa shape index (κ2) is 18.2. The van der Waals surface area contributed by atoms with Crippen LogP contribution in [0.25, 0.3) is 0 Å². The molecule has 1 nitrogen and oxygen atoms in total. The van der Waals surface area contributed by atoms with E-state index in [1.165, 1.54) is 96.3 Å². The Hall–Kier alpha value is 0.189. The standard InChI is InChI=1S/C19H38OSe/c1-3-4-5-6-7-8-9-10-11-12-13-14-15-16-17-18-19(21)20-2/h3-18H2,1-2H3. The minimum absolute atomic E-state index is 1.06. The Morgan fingerprint density at radius 3 is 1.29 bits per heavy atom. The molecule has 0 radical (unpaired) electrons. The first-order valence-electron chi connectivity index (χ1n) is 9.38. The van der Waals surface area contributed by atoms with E-state index < -0.39 is 0 Å². The van der Waals surface area contributed by atoms with Crippen LogP contribution < -0.4 is 0 Å². The molecule has 126 valence electrons. The van der Waals surface area contributed by atoms with Crippen LogP contribution in [0.3, 0.4) is 0 Å². The van der Waals surface area contributed by atoms with Crippen LogP contribution in [0.15, 0.2) is 0 Å². The van der Waals surface area contributed by atoms with Crippen molar-refractivity contribution in [3.63, 3.8) is 0 Å². The Labute approximate surface area is 142 Å². The van der Waals surface area contributed by atoms with E-state index in [4.69, 9.17) is 4.74 Å². The maximum absolute atomic E-state index is 5.13. The second-order valence-corrected chi connectivity index (χ2v) is 7.23. The van der Waals surface area contributed by atoms with E-state index >= 15 is 0 Å². The van der Waals surface area contributed by atoms with Gasteiger partial charge in [-0.1, -0.05) is 39.0 Å². The molecule has 2 heteroatoms. The van der Waals surface area contributed by atoms with Gasteiger partial charge in [0.25, 0.3) is 0 Å². The normalized spacial score (nSPS) is 10.8. The molecule has 0 spiro atoms. The minimum atomic E-state index is 1.06. The van der Waals surface area contributed by atoms with Gasteiger partial charge in [-0.15, -0.1) is 0 Å². The fraction of sp³-hybridized carbons (Fsp3) is 0.947. The summed E-state index contributed by atoms with van der Waals surface area (Å²) in [6, 6.07) is 0. The Morgan fingerprint density at radius 1 is 0.619 bits per heavy atom. The predicted octanol–water partition coefficient (Wildman–Crippen LogP) is 6.19. The van der Waals surface area contributed by atoms with E-state index in [9.17, 15) is 0 Å². The summed E-state index contributed by atoms with van der Waals surface area (Å²) in [6.07, 6.45) is 22.5. The summed E-state index contributed by atoms with van der Waals surface area (Å²) < 4.78 is 6.19. The van der Waals surface area contributed by atoms with E-state index in [0.717, 1.165) is 11.0 Å². The quantitative estimate of drug-likeness (QED) is 0.222. The first-order chi connectivity index (χ1) is 10.3. The van der Waals surface area contributed by atoms with E-state index in [1.807, 2.05) is 0 Å². The van der Waals surface area contributed by atoms with Gasteiger partial charge >= 0.3 is 103 Å². The van der Waals surface area contributed by atoms with Crippen molar-refractivity contribution in [2.24, 2.45) is 0 Å². The molecule has 0 aliphatic carbocycles. The molecule has 0 aromatic carbocycles. The zero-order valence-corrected chi connectivity index (χ0v) is 16.3. The zero-order valence-electron chi connectivity index (χ0n) is 14.6. The third kappa shape index (κ3) is 18.1. The Morgan fingerprint density at radius 2 is 0.952 bits per heavy atom. The molecule has 21 heavy (non-hydrogen) atoms. The van der Waals surface area contributed by atoms with Crippen LogP contribution in [0, 0.1) is 0 Å². The van der Waals surface area contributed by atoms with Crippen molar-refractivity contribution in [2.75, 3.05) is 7.11 Å². The number of methoxy groups -OCH3 is 1. The van der Waals surface area contributed by atoms with Crippen LogP contribution in [0.2, 0.25) is 0 Å². The molecule has 0 saturated heterocycles. The molecule has 0 amide bonds. The monoisotopic (exact) mass is 362 g/mol. The van der Waals surface area contributed by atoms with E-state index in [1.54, 1.807) is 7.11 Å². The third-order valence-electron chi connectivity index (χ3n) is 4.21. The van der Waals surface area contributed by atoms with Crippen molar-refractivity contribution < 1.29 is 4.74 Å². The number of hydrogen-bond acceptors (Lipinski definition) is 1. The summed E-state index contributed by atoms with van der Waals surface area (Å²) in [5.74, 6) is 0. The summed E-state index contributed by atoms with van der Waals surface area (Å²) in [5, 5.41) is 0.